The van der Waals surface area contributed by atoms with Crippen LogP contribution in [-0.2, 0) is 9.47 Å². The van der Waals surface area contributed by atoms with E-state index in [0.717, 1.165) is 59.1 Å². The molecule has 5 nitrogen and oxygen atoms in total. The van der Waals surface area contributed by atoms with Gasteiger partial charge in [-0.25, -0.2) is 0 Å². The van der Waals surface area contributed by atoms with Crippen LogP contribution in [0.25, 0.3) is 0 Å². The van der Waals surface area contributed by atoms with Gasteiger partial charge < -0.3 is 14.6 Å². The first-order valence-corrected chi connectivity index (χ1v) is 7.63. The normalized spacial score (nSPS) is 25.9. The van der Waals surface area contributed by atoms with Crippen LogP contribution < -0.4 is 0 Å². The van der Waals surface area contributed by atoms with E-state index in [4.69, 9.17) is 9.47 Å². The van der Waals surface area contributed by atoms with Gasteiger partial charge in [0.15, 0.2) is 0 Å². The molecule has 2 heterocycles. The molecule has 2 saturated heterocycles. The Bertz CT molecular complexity index is 229. The minimum atomic E-state index is 0.232. The smallest absolute Gasteiger partial charge is 0.0702 e. The fraction of sp³-hybridized carbons (Fsp3) is 1.00. The molecular weight excluding hydrogens is 244 g/mol. The van der Waals surface area contributed by atoms with Gasteiger partial charge in [-0.3, -0.25) is 9.80 Å². The molecular formula is C14H28N2O3. The van der Waals surface area contributed by atoms with Gasteiger partial charge in [-0.1, -0.05) is 0 Å². The number of morpholine rings is 1. The van der Waals surface area contributed by atoms with E-state index in [-0.39, 0.29) is 6.61 Å². The molecule has 5 heteroatoms. The molecule has 0 aromatic carbocycles. The van der Waals surface area contributed by atoms with Crippen molar-refractivity contribution in [3.8, 4) is 0 Å². The summed E-state index contributed by atoms with van der Waals surface area (Å²) in [5.41, 5.74) is 0. The van der Waals surface area contributed by atoms with Crippen LogP contribution in [-0.4, -0.2) is 86.7 Å². The van der Waals surface area contributed by atoms with Gasteiger partial charge in [0.25, 0.3) is 0 Å². The average Bonchev–Trinajstić information content (AvgIpc) is 2.47. The summed E-state index contributed by atoms with van der Waals surface area (Å²) in [6.45, 7) is 8.71. The number of ether oxygens (including phenoxy) is 2. The Labute approximate surface area is 116 Å². The molecule has 0 spiro atoms. The van der Waals surface area contributed by atoms with Gasteiger partial charge in [0.1, 0.15) is 0 Å². The molecule has 2 aliphatic rings. The lowest BCUT2D eigenvalue weighted by Crippen LogP contribution is -2.44. The molecule has 19 heavy (non-hydrogen) atoms. The maximum absolute atomic E-state index is 9.19. The third-order valence-corrected chi connectivity index (χ3v) is 3.99. The third kappa shape index (κ3) is 5.75. The van der Waals surface area contributed by atoms with Crippen LogP contribution in [0, 0.1) is 0 Å². The largest absolute Gasteiger partial charge is 0.395 e. The SMILES string of the molecule is OCCN(CCN1CCOCC1)CC1CCCCO1. The van der Waals surface area contributed by atoms with Gasteiger partial charge in [0.05, 0.1) is 25.9 Å². The standard InChI is InChI=1S/C14H28N2O3/c17-9-6-16(13-14-3-1-2-10-19-14)5-4-15-7-11-18-12-8-15/h14,17H,1-13H2. The number of nitrogens with zero attached hydrogens (tertiary/aromatic N) is 2. The van der Waals surface area contributed by atoms with E-state index in [2.05, 4.69) is 9.80 Å². The first-order chi connectivity index (χ1) is 9.38. The number of rotatable bonds is 7. The van der Waals surface area contributed by atoms with Crippen molar-refractivity contribution in [2.75, 3.05) is 65.7 Å². The van der Waals surface area contributed by atoms with E-state index < -0.39 is 0 Å². The summed E-state index contributed by atoms with van der Waals surface area (Å²) < 4.78 is 11.1. The maximum Gasteiger partial charge on any atom is 0.0702 e. The van der Waals surface area contributed by atoms with Crippen LogP contribution in [0.5, 0.6) is 0 Å². The molecule has 2 aliphatic heterocycles. The van der Waals surface area contributed by atoms with Crippen molar-refractivity contribution in [3.63, 3.8) is 0 Å². The number of aliphatic hydroxyl groups is 1. The van der Waals surface area contributed by atoms with Crippen molar-refractivity contribution in [1.29, 1.82) is 0 Å². The van der Waals surface area contributed by atoms with E-state index in [0.29, 0.717) is 6.10 Å². The minimum absolute atomic E-state index is 0.232. The number of hydrogen-bond donors (Lipinski definition) is 1. The second-order valence-electron chi connectivity index (χ2n) is 5.47. The van der Waals surface area contributed by atoms with Crippen molar-refractivity contribution in [2.24, 2.45) is 0 Å². The highest BCUT2D eigenvalue weighted by molar-refractivity contribution is 4.71. The molecule has 112 valence electrons. The van der Waals surface area contributed by atoms with Crippen LogP contribution in [0.1, 0.15) is 19.3 Å². The summed E-state index contributed by atoms with van der Waals surface area (Å²) in [5.74, 6) is 0. The molecule has 2 rings (SSSR count). The zero-order valence-electron chi connectivity index (χ0n) is 11.9. The fourth-order valence-corrected chi connectivity index (χ4v) is 2.78. The summed E-state index contributed by atoms with van der Waals surface area (Å²) in [4.78, 5) is 4.78. The minimum Gasteiger partial charge on any atom is -0.395 e. The average molecular weight is 272 g/mol. The van der Waals surface area contributed by atoms with Gasteiger partial charge >= 0.3 is 0 Å². The highest BCUT2D eigenvalue weighted by atomic mass is 16.5. The topological polar surface area (TPSA) is 45.2 Å². The summed E-state index contributed by atoms with van der Waals surface area (Å²) in [6.07, 6.45) is 4.01. The van der Waals surface area contributed by atoms with E-state index in [9.17, 15) is 5.11 Å². The van der Waals surface area contributed by atoms with Crippen molar-refractivity contribution < 1.29 is 14.6 Å². The summed E-state index contributed by atoms with van der Waals surface area (Å²) in [6, 6.07) is 0. The molecule has 2 fully saturated rings. The Morgan fingerprint density at radius 1 is 1.11 bits per heavy atom. The molecule has 1 unspecified atom stereocenters. The summed E-state index contributed by atoms with van der Waals surface area (Å²) in [7, 11) is 0. The van der Waals surface area contributed by atoms with Crippen LogP contribution >= 0.6 is 0 Å². The van der Waals surface area contributed by atoms with Gasteiger partial charge in [0, 0.05) is 45.9 Å². The Hall–Kier alpha value is -0.200. The third-order valence-electron chi connectivity index (χ3n) is 3.99. The maximum atomic E-state index is 9.19. The van der Waals surface area contributed by atoms with Crippen molar-refractivity contribution in [3.05, 3.63) is 0 Å². The van der Waals surface area contributed by atoms with Gasteiger partial charge in [-0.05, 0) is 19.3 Å². The lowest BCUT2D eigenvalue weighted by Gasteiger charge is -2.32. The Morgan fingerprint density at radius 2 is 1.95 bits per heavy atom. The van der Waals surface area contributed by atoms with Gasteiger partial charge in [-0.2, -0.15) is 0 Å². The molecule has 0 bridgehead atoms. The highest BCUT2D eigenvalue weighted by Crippen LogP contribution is 2.13. The number of hydrogen-bond acceptors (Lipinski definition) is 5. The Balaban J connectivity index is 1.68. The summed E-state index contributed by atoms with van der Waals surface area (Å²) >= 11 is 0. The Kier molecular flexibility index (Phi) is 7.09. The lowest BCUT2D eigenvalue weighted by atomic mass is 10.1. The van der Waals surface area contributed by atoms with Crippen LogP contribution in [0.3, 0.4) is 0 Å². The second-order valence-corrected chi connectivity index (χ2v) is 5.47. The molecule has 1 atom stereocenters. The quantitative estimate of drug-likeness (QED) is 0.716. The summed E-state index contributed by atoms with van der Waals surface area (Å²) in [5, 5.41) is 9.19. The van der Waals surface area contributed by atoms with E-state index in [1.54, 1.807) is 0 Å². The van der Waals surface area contributed by atoms with E-state index in [1.165, 1.54) is 19.3 Å². The molecule has 0 aliphatic carbocycles. The predicted octanol–water partition coefficient (Wildman–Crippen LogP) is 0.182. The molecule has 0 aromatic rings. The van der Waals surface area contributed by atoms with E-state index >= 15 is 0 Å². The molecule has 0 saturated carbocycles. The zero-order valence-corrected chi connectivity index (χ0v) is 11.9. The van der Waals surface area contributed by atoms with Crippen LogP contribution in [0.2, 0.25) is 0 Å². The molecule has 0 aromatic heterocycles. The second kappa shape index (κ2) is 8.87. The van der Waals surface area contributed by atoms with Crippen LogP contribution in [0.4, 0.5) is 0 Å². The van der Waals surface area contributed by atoms with Crippen molar-refractivity contribution >= 4 is 0 Å². The monoisotopic (exact) mass is 272 g/mol. The predicted molar refractivity (Wildman–Crippen MR) is 74.4 cm³/mol. The van der Waals surface area contributed by atoms with Gasteiger partial charge in [-0.15, -0.1) is 0 Å². The zero-order chi connectivity index (χ0) is 13.3. The highest BCUT2D eigenvalue weighted by Gasteiger charge is 2.18. The first-order valence-electron chi connectivity index (χ1n) is 7.63. The lowest BCUT2D eigenvalue weighted by molar-refractivity contribution is -0.0127. The van der Waals surface area contributed by atoms with Gasteiger partial charge in [0.2, 0.25) is 0 Å². The van der Waals surface area contributed by atoms with Crippen molar-refractivity contribution in [1.82, 2.24) is 9.80 Å². The van der Waals surface area contributed by atoms with Crippen molar-refractivity contribution in [2.45, 2.75) is 25.4 Å². The fourth-order valence-electron chi connectivity index (χ4n) is 2.78. The Morgan fingerprint density at radius 3 is 2.63 bits per heavy atom. The molecule has 0 radical (unpaired) electrons. The van der Waals surface area contributed by atoms with Crippen LogP contribution in [0.15, 0.2) is 0 Å². The molecule has 0 amide bonds. The first kappa shape index (κ1) is 15.2. The van der Waals surface area contributed by atoms with E-state index in [1.807, 2.05) is 0 Å². The number of aliphatic hydroxyl groups excluding tert-OH is 1. The molecule has 1 N–H and O–H groups in total.